The van der Waals surface area contributed by atoms with Crippen molar-refractivity contribution in [1.82, 2.24) is 20.9 Å². The summed E-state index contributed by atoms with van der Waals surface area (Å²) in [7, 11) is 0. The van der Waals surface area contributed by atoms with Gasteiger partial charge in [0, 0.05) is 37.9 Å². The van der Waals surface area contributed by atoms with Gasteiger partial charge in [0.15, 0.2) is 5.96 Å². The number of amides is 1. The Bertz CT molecular complexity index is 893. The first-order valence-corrected chi connectivity index (χ1v) is 10.9. The van der Waals surface area contributed by atoms with Crippen molar-refractivity contribution in [3.63, 3.8) is 0 Å². The number of carbonyl (C=O) groups excluding carboxylic acids is 1. The quantitative estimate of drug-likeness (QED) is 0.308. The van der Waals surface area contributed by atoms with Gasteiger partial charge < -0.3 is 26.0 Å². The number of benzene rings is 1. The van der Waals surface area contributed by atoms with Crippen molar-refractivity contribution in [1.29, 1.82) is 0 Å². The molecule has 0 bridgehead atoms. The zero-order valence-corrected chi connectivity index (χ0v) is 18.3. The van der Waals surface area contributed by atoms with Crippen LogP contribution in [0.4, 0.5) is 5.82 Å². The van der Waals surface area contributed by atoms with Crippen LogP contribution in [0, 0.1) is 6.92 Å². The minimum atomic E-state index is -0.302. The van der Waals surface area contributed by atoms with Crippen molar-refractivity contribution in [2.24, 2.45) is 4.99 Å². The number of nitrogens with zero attached hydrogens (tertiary/aromatic N) is 3. The smallest absolute Gasteiger partial charge is 0.255 e. The van der Waals surface area contributed by atoms with Crippen molar-refractivity contribution >= 4 is 17.7 Å². The normalized spacial score (nSPS) is 14.9. The SMILES string of the molecule is CCNC(=NCCNC(=O)c1ccccc1O)NC1CCN(c2cccc(C)n2)CC1. The largest absolute Gasteiger partial charge is 0.507 e. The summed E-state index contributed by atoms with van der Waals surface area (Å²) in [6, 6.07) is 13.0. The standard InChI is InChI=1S/C23H32N6O2/c1-3-24-23(26-14-13-25-22(31)19-8-4-5-9-20(19)30)28-18-11-15-29(16-12-18)21-10-6-7-17(2)27-21/h4-10,18,30H,3,11-16H2,1-2H3,(H,25,31)(H2,24,26,28). The molecule has 1 aliphatic rings. The van der Waals surface area contributed by atoms with Crippen molar-refractivity contribution in [2.45, 2.75) is 32.7 Å². The van der Waals surface area contributed by atoms with Crippen molar-refractivity contribution in [3.05, 3.63) is 53.7 Å². The van der Waals surface area contributed by atoms with Crippen molar-refractivity contribution in [2.75, 3.05) is 37.6 Å². The lowest BCUT2D eigenvalue weighted by Crippen LogP contribution is -2.49. The lowest BCUT2D eigenvalue weighted by molar-refractivity contribution is 0.0952. The molecule has 1 aliphatic heterocycles. The molecule has 0 saturated carbocycles. The number of hydrogen-bond acceptors (Lipinski definition) is 5. The molecule has 1 aromatic carbocycles. The van der Waals surface area contributed by atoms with E-state index in [-0.39, 0.29) is 17.2 Å². The van der Waals surface area contributed by atoms with E-state index in [1.807, 2.05) is 19.9 Å². The Kier molecular flexibility index (Phi) is 8.09. The molecule has 2 heterocycles. The Hall–Kier alpha value is -3.29. The maximum absolute atomic E-state index is 12.2. The van der Waals surface area contributed by atoms with Crippen molar-refractivity contribution in [3.8, 4) is 5.75 Å². The van der Waals surface area contributed by atoms with Crippen LogP contribution in [0.2, 0.25) is 0 Å². The van der Waals surface area contributed by atoms with Crippen LogP contribution in [0.25, 0.3) is 0 Å². The summed E-state index contributed by atoms with van der Waals surface area (Å²) in [6.45, 7) is 7.55. The van der Waals surface area contributed by atoms with Crippen LogP contribution in [0.3, 0.4) is 0 Å². The van der Waals surface area contributed by atoms with Gasteiger partial charge in [-0.05, 0) is 51.0 Å². The Morgan fingerprint density at radius 2 is 1.94 bits per heavy atom. The fourth-order valence-corrected chi connectivity index (χ4v) is 3.57. The van der Waals surface area contributed by atoms with Crippen LogP contribution in [0.5, 0.6) is 5.75 Å². The third-order valence-electron chi connectivity index (χ3n) is 5.19. The number of phenolic OH excluding ortho intramolecular Hbond substituents is 1. The Labute approximate surface area is 183 Å². The number of piperidine rings is 1. The number of aromatic hydroxyl groups is 1. The summed E-state index contributed by atoms with van der Waals surface area (Å²) in [5, 5.41) is 19.3. The van der Waals surface area contributed by atoms with Gasteiger partial charge in [-0.25, -0.2) is 4.98 Å². The molecule has 0 radical (unpaired) electrons. The first-order valence-electron chi connectivity index (χ1n) is 10.9. The average Bonchev–Trinajstić information content (AvgIpc) is 2.77. The van der Waals surface area contributed by atoms with Gasteiger partial charge >= 0.3 is 0 Å². The molecule has 8 nitrogen and oxygen atoms in total. The summed E-state index contributed by atoms with van der Waals surface area (Å²) in [4.78, 5) is 23.7. The molecule has 1 fully saturated rings. The van der Waals surface area contributed by atoms with E-state index in [0.29, 0.717) is 19.1 Å². The average molecular weight is 425 g/mol. The van der Waals surface area contributed by atoms with Crippen LogP contribution in [0.1, 0.15) is 35.8 Å². The molecule has 1 aromatic heterocycles. The molecule has 31 heavy (non-hydrogen) atoms. The number of para-hydroxylation sites is 1. The molecule has 0 unspecified atom stereocenters. The number of guanidine groups is 1. The zero-order valence-electron chi connectivity index (χ0n) is 18.3. The van der Waals surface area contributed by atoms with Gasteiger partial charge in [-0.1, -0.05) is 18.2 Å². The molecule has 8 heteroatoms. The van der Waals surface area contributed by atoms with E-state index in [2.05, 4.69) is 43.0 Å². The summed E-state index contributed by atoms with van der Waals surface area (Å²) in [6.07, 6.45) is 2.01. The van der Waals surface area contributed by atoms with E-state index in [4.69, 9.17) is 0 Å². The third-order valence-corrected chi connectivity index (χ3v) is 5.19. The van der Waals surface area contributed by atoms with E-state index in [9.17, 15) is 9.90 Å². The number of hydrogen-bond donors (Lipinski definition) is 4. The molecule has 4 N–H and O–H groups in total. The number of rotatable bonds is 7. The first-order chi connectivity index (χ1) is 15.1. The van der Waals surface area contributed by atoms with E-state index in [1.165, 1.54) is 6.07 Å². The van der Waals surface area contributed by atoms with Gasteiger partial charge in [-0.15, -0.1) is 0 Å². The Balaban J connectivity index is 1.45. The number of carbonyl (C=O) groups is 1. The van der Waals surface area contributed by atoms with E-state index < -0.39 is 0 Å². The van der Waals surface area contributed by atoms with Crippen molar-refractivity contribution < 1.29 is 9.90 Å². The Morgan fingerprint density at radius 3 is 2.65 bits per heavy atom. The van der Waals surface area contributed by atoms with Crippen LogP contribution in [0.15, 0.2) is 47.5 Å². The predicted octanol–water partition coefficient (Wildman–Crippen LogP) is 2.05. The monoisotopic (exact) mass is 424 g/mol. The number of anilines is 1. The molecule has 3 rings (SSSR count). The molecular weight excluding hydrogens is 392 g/mol. The number of aryl methyl sites for hydroxylation is 1. The molecule has 166 valence electrons. The van der Waals surface area contributed by atoms with Crippen LogP contribution >= 0.6 is 0 Å². The highest BCUT2D eigenvalue weighted by atomic mass is 16.3. The second kappa shape index (κ2) is 11.2. The van der Waals surface area contributed by atoms with Gasteiger partial charge in [-0.2, -0.15) is 0 Å². The summed E-state index contributed by atoms with van der Waals surface area (Å²) in [5.41, 5.74) is 1.31. The number of phenols is 1. The van der Waals surface area contributed by atoms with E-state index >= 15 is 0 Å². The van der Waals surface area contributed by atoms with Crippen LogP contribution < -0.4 is 20.9 Å². The first kappa shape index (κ1) is 22.4. The zero-order chi connectivity index (χ0) is 22.1. The van der Waals surface area contributed by atoms with Crippen LogP contribution in [-0.2, 0) is 0 Å². The maximum atomic E-state index is 12.2. The van der Waals surface area contributed by atoms with Gasteiger partial charge in [0.05, 0.1) is 12.1 Å². The van der Waals surface area contributed by atoms with Crippen LogP contribution in [-0.4, -0.2) is 60.7 Å². The molecule has 0 spiro atoms. The lowest BCUT2D eigenvalue weighted by Gasteiger charge is -2.34. The molecule has 0 atom stereocenters. The minimum Gasteiger partial charge on any atom is -0.507 e. The van der Waals surface area contributed by atoms with Gasteiger partial charge in [-0.3, -0.25) is 9.79 Å². The second-order valence-electron chi connectivity index (χ2n) is 7.58. The topological polar surface area (TPSA) is 102 Å². The molecule has 1 saturated heterocycles. The maximum Gasteiger partial charge on any atom is 0.255 e. The van der Waals surface area contributed by atoms with Gasteiger partial charge in [0.25, 0.3) is 5.91 Å². The molecule has 1 amide bonds. The number of aliphatic imine (C=N–C) groups is 1. The minimum absolute atomic E-state index is 0.0225. The Morgan fingerprint density at radius 1 is 1.16 bits per heavy atom. The molecular formula is C23H32N6O2. The number of aromatic nitrogens is 1. The molecule has 2 aromatic rings. The highest BCUT2D eigenvalue weighted by molar-refractivity contribution is 5.96. The highest BCUT2D eigenvalue weighted by Crippen LogP contribution is 2.18. The summed E-state index contributed by atoms with van der Waals surface area (Å²) >= 11 is 0. The lowest BCUT2D eigenvalue weighted by atomic mass is 10.1. The second-order valence-corrected chi connectivity index (χ2v) is 7.58. The van der Waals surface area contributed by atoms with E-state index in [1.54, 1.807) is 18.2 Å². The number of pyridine rings is 1. The van der Waals surface area contributed by atoms with Gasteiger partial charge in [0.2, 0.25) is 0 Å². The molecule has 0 aliphatic carbocycles. The summed E-state index contributed by atoms with van der Waals surface area (Å²) in [5.74, 6) is 1.47. The fraction of sp³-hybridized carbons (Fsp3) is 0.435. The number of nitrogens with one attached hydrogen (secondary N) is 3. The van der Waals surface area contributed by atoms with Gasteiger partial charge in [0.1, 0.15) is 11.6 Å². The fourth-order valence-electron chi connectivity index (χ4n) is 3.57. The third kappa shape index (κ3) is 6.60. The predicted molar refractivity (Wildman–Crippen MR) is 124 cm³/mol. The summed E-state index contributed by atoms with van der Waals surface area (Å²) < 4.78 is 0. The van der Waals surface area contributed by atoms with E-state index in [0.717, 1.165) is 49.9 Å². The highest BCUT2D eigenvalue weighted by Gasteiger charge is 2.21.